The standard InChI is InChI=1S/C29H60NO3P/c1-9-16-19-25(12-4)22-28(8,23-26(13-5)20-17-10-2)29(15-7,33-34(31)32)30-24-27(14-6)21-18-11-3/h25-27,30H,9-24H2,1-8H3/p+1. The second-order valence-corrected chi connectivity index (χ2v) is 11.8. The molecule has 204 valence electrons. The largest absolute Gasteiger partial charge is 0.696 e. The van der Waals surface area contributed by atoms with E-state index in [1.807, 2.05) is 0 Å². The van der Waals surface area contributed by atoms with Crippen LogP contribution in [0.3, 0.4) is 0 Å². The van der Waals surface area contributed by atoms with Gasteiger partial charge in [0.25, 0.3) is 0 Å². The average molecular weight is 503 g/mol. The Hall–Kier alpha value is -0.0200. The number of hydrogen-bond donors (Lipinski definition) is 2. The summed E-state index contributed by atoms with van der Waals surface area (Å²) in [5.41, 5.74) is -0.991. The van der Waals surface area contributed by atoms with Crippen LogP contribution in [0.15, 0.2) is 0 Å². The quantitative estimate of drug-likeness (QED) is 0.108. The first-order chi connectivity index (χ1) is 16.2. The van der Waals surface area contributed by atoms with Crippen molar-refractivity contribution >= 4 is 8.25 Å². The fourth-order valence-corrected chi connectivity index (χ4v) is 6.61. The van der Waals surface area contributed by atoms with E-state index in [4.69, 9.17) is 4.52 Å². The zero-order chi connectivity index (χ0) is 26.0. The monoisotopic (exact) mass is 502 g/mol. The van der Waals surface area contributed by atoms with Crippen LogP contribution in [-0.2, 0) is 9.09 Å². The van der Waals surface area contributed by atoms with Crippen molar-refractivity contribution in [3.05, 3.63) is 0 Å². The molecule has 0 aromatic heterocycles. The molecule has 0 saturated heterocycles. The lowest BCUT2D eigenvalue weighted by Gasteiger charge is -2.48. The van der Waals surface area contributed by atoms with Gasteiger partial charge in [-0.1, -0.05) is 131 Å². The third-order valence-electron chi connectivity index (χ3n) is 8.49. The summed E-state index contributed by atoms with van der Waals surface area (Å²) in [5, 5.41) is 3.82. The number of hydrogen-bond acceptors (Lipinski definition) is 3. The minimum Gasteiger partial charge on any atom is -0.285 e. The summed E-state index contributed by atoms with van der Waals surface area (Å²) in [6.45, 7) is 19.0. The van der Waals surface area contributed by atoms with Gasteiger partial charge in [-0.15, -0.1) is 4.89 Å². The van der Waals surface area contributed by atoms with Crippen LogP contribution in [-0.4, -0.2) is 17.2 Å². The highest BCUT2D eigenvalue weighted by Crippen LogP contribution is 2.50. The molecule has 0 amide bonds. The predicted octanol–water partition coefficient (Wildman–Crippen LogP) is 9.78. The molecule has 2 N–H and O–H groups in total. The fourth-order valence-electron chi connectivity index (χ4n) is 5.93. The Kier molecular flexibility index (Phi) is 19.1. The van der Waals surface area contributed by atoms with Crippen molar-refractivity contribution in [1.82, 2.24) is 5.32 Å². The van der Waals surface area contributed by atoms with E-state index in [1.54, 1.807) is 0 Å². The first kappa shape index (κ1) is 34.0. The summed E-state index contributed by atoms with van der Waals surface area (Å²) in [6, 6.07) is 0. The maximum atomic E-state index is 12.2. The van der Waals surface area contributed by atoms with E-state index in [-0.39, 0.29) is 5.41 Å². The van der Waals surface area contributed by atoms with Crippen molar-refractivity contribution in [3.63, 3.8) is 0 Å². The van der Waals surface area contributed by atoms with E-state index in [9.17, 15) is 9.46 Å². The number of nitrogens with one attached hydrogen (secondary N) is 1. The van der Waals surface area contributed by atoms with Crippen molar-refractivity contribution in [3.8, 4) is 0 Å². The Balaban J connectivity index is 6.22. The van der Waals surface area contributed by atoms with Crippen LogP contribution in [0, 0.1) is 23.2 Å². The minimum absolute atomic E-state index is 0.207. The Labute approximate surface area is 214 Å². The van der Waals surface area contributed by atoms with E-state index < -0.39 is 14.0 Å². The molecule has 0 fully saturated rings. The smallest absolute Gasteiger partial charge is 0.285 e. The first-order valence-corrected chi connectivity index (χ1v) is 15.9. The molecule has 0 aromatic carbocycles. The summed E-state index contributed by atoms with van der Waals surface area (Å²) < 4.78 is 18.4. The van der Waals surface area contributed by atoms with Gasteiger partial charge in [0.1, 0.15) is 0 Å². The SMILES string of the molecule is CCCCC(CC)CNC(CC)(O[P+](=O)O)C(C)(CC(CC)CCCC)CC(CC)CCCC. The molecule has 5 heteroatoms. The molecule has 0 heterocycles. The maximum Gasteiger partial charge on any atom is 0.696 e. The Bertz CT molecular complexity index is 498. The third-order valence-corrected chi connectivity index (χ3v) is 8.96. The van der Waals surface area contributed by atoms with Crippen molar-refractivity contribution in [2.75, 3.05) is 6.54 Å². The summed E-state index contributed by atoms with van der Waals surface area (Å²) >= 11 is 0. The summed E-state index contributed by atoms with van der Waals surface area (Å²) in [5.74, 6) is 1.80. The van der Waals surface area contributed by atoms with Crippen LogP contribution < -0.4 is 5.32 Å². The second kappa shape index (κ2) is 19.1. The molecule has 0 saturated carbocycles. The Morgan fingerprint density at radius 1 is 0.765 bits per heavy atom. The van der Waals surface area contributed by atoms with Gasteiger partial charge < -0.3 is 0 Å². The molecular formula is C29H61NO3P+. The Morgan fingerprint density at radius 3 is 1.50 bits per heavy atom. The lowest BCUT2D eigenvalue weighted by Crippen LogP contribution is -2.60. The zero-order valence-electron chi connectivity index (χ0n) is 24.3. The van der Waals surface area contributed by atoms with E-state index in [1.165, 1.54) is 57.8 Å². The lowest BCUT2D eigenvalue weighted by molar-refractivity contribution is -0.110. The molecule has 0 rings (SSSR count). The first-order valence-electron chi connectivity index (χ1n) is 14.8. The third kappa shape index (κ3) is 11.8. The van der Waals surface area contributed by atoms with Crippen molar-refractivity contribution in [2.45, 2.75) is 157 Å². The van der Waals surface area contributed by atoms with Gasteiger partial charge in [0.2, 0.25) is 0 Å². The van der Waals surface area contributed by atoms with E-state index in [0.29, 0.717) is 24.2 Å². The zero-order valence-corrected chi connectivity index (χ0v) is 25.2. The van der Waals surface area contributed by atoms with Gasteiger partial charge in [-0.05, 0) is 43.4 Å². The van der Waals surface area contributed by atoms with Crippen molar-refractivity contribution in [1.29, 1.82) is 0 Å². The molecule has 0 aliphatic rings. The van der Waals surface area contributed by atoms with Gasteiger partial charge in [-0.25, -0.2) is 0 Å². The fraction of sp³-hybridized carbons (Fsp3) is 1.00. The van der Waals surface area contributed by atoms with E-state index in [2.05, 4.69) is 60.7 Å². The van der Waals surface area contributed by atoms with Crippen LogP contribution in [0.5, 0.6) is 0 Å². The highest BCUT2D eigenvalue weighted by molar-refractivity contribution is 7.32. The predicted molar refractivity (Wildman–Crippen MR) is 149 cm³/mol. The molecule has 0 aliphatic heterocycles. The highest BCUT2D eigenvalue weighted by Gasteiger charge is 2.54. The van der Waals surface area contributed by atoms with Crippen molar-refractivity contribution in [2.24, 2.45) is 23.2 Å². The summed E-state index contributed by atoms with van der Waals surface area (Å²) in [4.78, 5) is 10.1. The van der Waals surface area contributed by atoms with E-state index in [0.717, 1.165) is 38.6 Å². The normalized spacial score (nSPS) is 18.7. The summed E-state index contributed by atoms with van der Waals surface area (Å²) in [7, 11) is -2.70. The van der Waals surface area contributed by atoms with Crippen molar-refractivity contribution < 1.29 is 14.0 Å². The molecule has 0 radical (unpaired) electrons. The van der Waals surface area contributed by atoms with Gasteiger partial charge >= 0.3 is 8.25 Å². The van der Waals surface area contributed by atoms with Crippen LogP contribution in [0.1, 0.15) is 152 Å². The van der Waals surface area contributed by atoms with Crippen LogP contribution in [0.2, 0.25) is 0 Å². The lowest BCUT2D eigenvalue weighted by atomic mass is 9.64. The number of rotatable bonds is 23. The summed E-state index contributed by atoms with van der Waals surface area (Å²) in [6.07, 6.45) is 17.2. The molecule has 0 aliphatic carbocycles. The molecule has 0 bridgehead atoms. The Morgan fingerprint density at radius 2 is 1.18 bits per heavy atom. The van der Waals surface area contributed by atoms with Gasteiger partial charge in [0.05, 0.1) is 0 Å². The topological polar surface area (TPSA) is 58.6 Å². The minimum atomic E-state index is -2.70. The van der Waals surface area contributed by atoms with E-state index >= 15 is 0 Å². The van der Waals surface area contributed by atoms with Gasteiger partial charge in [0.15, 0.2) is 5.72 Å². The van der Waals surface area contributed by atoms with Gasteiger partial charge in [-0.2, -0.15) is 0 Å². The molecule has 0 spiro atoms. The van der Waals surface area contributed by atoms with Crippen LogP contribution >= 0.6 is 8.25 Å². The molecule has 34 heavy (non-hydrogen) atoms. The number of unbranched alkanes of at least 4 members (excludes halogenated alkanes) is 3. The second-order valence-electron chi connectivity index (χ2n) is 11.1. The molecule has 5 atom stereocenters. The molecular weight excluding hydrogens is 441 g/mol. The van der Waals surface area contributed by atoms with Crippen LogP contribution in [0.25, 0.3) is 0 Å². The van der Waals surface area contributed by atoms with Gasteiger partial charge in [-0.3, -0.25) is 5.32 Å². The molecule has 4 nitrogen and oxygen atoms in total. The van der Waals surface area contributed by atoms with Gasteiger partial charge in [0, 0.05) is 16.5 Å². The molecule has 5 unspecified atom stereocenters. The van der Waals surface area contributed by atoms with Crippen LogP contribution in [0.4, 0.5) is 0 Å². The maximum absolute atomic E-state index is 12.2. The average Bonchev–Trinajstić information content (AvgIpc) is 2.83. The highest BCUT2D eigenvalue weighted by atomic mass is 31.1. The molecule has 0 aromatic rings.